The molecule has 0 amide bonds. The molecule has 4 heteroatoms. The molecule has 0 saturated heterocycles. The van der Waals surface area contributed by atoms with Crippen LogP contribution in [0.15, 0.2) is 74.5 Å². The Morgan fingerprint density at radius 1 is 1.10 bits per heavy atom. The van der Waals surface area contributed by atoms with Crippen molar-refractivity contribution in [3.8, 4) is 0 Å². The van der Waals surface area contributed by atoms with Crippen LogP contribution in [0.4, 0.5) is 0 Å². The molecule has 0 N–H and O–H groups in total. The molecule has 0 aliphatic carbocycles. The zero-order chi connectivity index (χ0) is 15.1. The predicted molar refractivity (Wildman–Crippen MR) is 95.6 cm³/mol. The number of hydrogen-bond donors (Lipinski definition) is 0. The molecule has 108 valence electrons. The molecule has 0 spiro atoms. The Morgan fingerprint density at radius 2 is 1.67 bits per heavy atom. The van der Waals surface area contributed by atoms with Gasteiger partial charge in [-0.2, -0.15) is 0 Å². The van der Waals surface area contributed by atoms with Gasteiger partial charge in [-0.05, 0) is 21.8 Å². The highest BCUT2D eigenvalue weighted by Gasteiger charge is 2.26. The first-order chi connectivity index (χ1) is 10.3. The van der Waals surface area contributed by atoms with Crippen LogP contribution in [0.1, 0.15) is 11.5 Å². The summed E-state index contributed by atoms with van der Waals surface area (Å²) in [4.78, 5) is 14.3. The van der Waals surface area contributed by atoms with Gasteiger partial charge in [-0.1, -0.05) is 82.9 Å². The van der Waals surface area contributed by atoms with E-state index in [1.165, 1.54) is 7.11 Å². The molecule has 2 rings (SSSR count). The van der Waals surface area contributed by atoms with E-state index in [0.717, 1.165) is 15.4 Å². The second-order valence-electron chi connectivity index (χ2n) is 4.29. The Balaban J connectivity index is 2.33. The number of benzene rings is 2. The normalized spacial score (nSPS) is 12.8. The summed E-state index contributed by atoms with van der Waals surface area (Å²) in [5, 5.41) is 0. The number of hydrogen-bond acceptors (Lipinski definition) is 3. The zero-order valence-electron chi connectivity index (χ0n) is 11.5. The highest BCUT2D eigenvalue weighted by Crippen LogP contribution is 2.38. The van der Waals surface area contributed by atoms with Crippen LogP contribution in [0.25, 0.3) is 0 Å². The van der Waals surface area contributed by atoms with Crippen molar-refractivity contribution in [2.24, 2.45) is 0 Å². The number of rotatable bonds is 5. The first kappa shape index (κ1) is 16.1. The van der Waals surface area contributed by atoms with Crippen molar-refractivity contribution in [3.05, 3.63) is 75.2 Å². The summed E-state index contributed by atoms with van der Waals surface area (Å²) in [5.74, 6) is -0.633. The van der Waals surface area contributed by atoms with E-state index in [0.29, 0.717) is 0 Å². The van der Waals surface area contributed by atoms with Gasteiger partial charge in [0.05, 0.1) is 7.11 Å². The number of carbonyl (C=O) groups excluding carboxylic acids is 1. The van der Waals surface area contributed by atoms with Gasteiger partial charge in [0.25, 0.3) is 0 Å². The lowest BCUT2D eigenvalue weighted by Gasteiger charge is -2.18. The minimum Gasteiger partial charge on any atom is -0.468 e. The molecule has 2 nitrogen and oxygen atoms in total. The molecule has 1 atom stereocenters. The Labute approximate surface area is 142 Å². The van der Waals surface area contributed by atoms with E-state index in [9.17, 15) is 4.79 Å². The van der Waals surface area contributed by atoms with Crippen LogP contribution in [-0.2, 0) is 9.53 Å². The maximum Gasteiger partial charge on any atom is 0.318 e. The fraction of sp³-hybridized carbons (Fsp3) is 0.118. The van der Waals surface area contributed by atoms with E-state index < -0.39 is 5.92 Å². The van der Waals surface area contributed by atoms with Crippen LogP contribution in [0.3, 0.4) is 0 Å². The smallest absolute Gasteiger partial charge is 0.318 e. The lowest BCUT2D eigenvalue weighted by Crippen LogP contribution is -2.15. The summed E-state index contributed by atoms with van der Waals surface area (Å²) >= 11 is 3.77. The SMILES string of the molecule is COC(=O)C(/C(=C/I)Sc1ccccc1)c1ccccc1. The maximum atomic E-state index is 12.2. The number of esters is 1. The predicted octanol–water partition coefficient (Wildman–Crippen LogP) is 5.01. The van der Waals surface area contributed by atoms with Crippen molar-refractivity contribution in [2.75, 3.05) is 7.11 Å². The average Bonchev–Trinajstić information content (AvgIpc) is 2.56. The third-order valence-corrected chi connectivity index (χ3v) is 5.13. The van der Waals surface area contributed by atoms with E-state index in [1.807, 2.05) is 64.7 Å². The minimum absolute atomic E-state index is 0.243. The average molecular weight is 410 g/mol. The molecule has 0 aliphatic rings. The quantitative estimate of drug-likeness (QED) is 0.394. The van der Waals surface area contributed by atoms with Crippen LogP contribution >= 0.6 is 34.4 Å². The highest BCUT2D eigenvalue weighted by molar-refractivity contribution is 14.1. The highest BCUT2D eigenvalue weighted by atomic mass is 127. The Kier molecular flexibility index (Phi) is 6.32. The summed E-state index contributed by atoms with van der Waals surface area (Å²) in [6.07, 6.45) is 0. The third-order valence-electron chi connectivity index (χ3n) is 2.94. The Bertz CT molecular complexity index is 611. The van der Waals surface area contributed by atoms with E-state index in [-0.39, 0.29) is 5.97 Å². The molecule has 0 aliphatic heterocycles. The van der Waals surface area contributed by atoms with Crippen LogP contribution in [0, 0.1) is 0 Å². The summed E-state index contributed by atoms with van der Waals surface area (Å²) < 4.78 is 6.94. The van der Waals surface area contributed by atoms with Gasteiger partial charge in [0.15, 0.2) is 0 Å². The zero-order valence-corrected chi connectivity index (χ0v) is 14.5. The summed E-state index contributed by atoms with van der Waals surface area (Å²) in [6, 6.07) is 19.7. The summed E-state index contributed by atoms with van der Waals surface area (Å²) in [6.45, 7) is 0. The molecule has 2 aromatic carbocycles. The van der Waals surface area contributed by atoms with Crippen molar-refractivity contribution in [1.29, 1.82) is 0 Å². The van der Waals surface area contributed by atoms with Gasteiger partial charge in [-0.15, -0.1) is 0 Å². The van der Waals surface area contributed by atoms with E-state index in [2.05, 4.69) is 22.6 Å². The molecular formula is C17H15IO2S. The molecule has 0 radical (unpaired) electrons. The van der Waals surface area contributed by atoms with Crippen molar-refractivity contribution in [2.45, 2.75) is 10.8 Å². The van der Waals surface area contributed by atoms with Gasteiger partial charge >= 0.3 is 5.97 Å². The maximum absolute atomic E-state index is 12.2. The molecule has 2 aromatic rings. The number of methoxy groups -OCH3 is 1. The fourth-order valence-corrected chi connectivity index (χ4v) is 3.65. The number of carbonyl (C=O) groups is 1. The first-order valence-electron chi connectivity index (χ1n) is 6.42. The molecule has 0 aromatic heterocycles. The third kappa shape index (κ3) is 4.35. The fourth-order valence-electron chi connectivity index (χ4n) is 1.95. The van der Waals surface area contributed by atoms with Gasteiger partial charge in [0.1, 0.15) is 5.92 Å². The van der Waals surface area contributed by atoms with Gasteiger partial charge < -0.3 is 4.74 Å². The van der Waals surface area contributed by atoms with Crippen molar-refractivity contribution in [1.82, 2.24) is 0 Å². The van der Waals surface area contributed by atoms with Crippen molar-refractivity contribution >= 4 is 40.3 Å². The minimum atomic E-state index is -0.390. The van der Waals surface area contributed by atoms with Crippen molar-refractivity contribution < 1.29 is 9.53 Å². The number of thioether (sulfide) groups is 1. The van der Waals surface area contributed by atoms with Gasteiger partial charge in [0.2, 0.25) is 0 Å². The molecule has 0 saturated carbocycles. The number of halogens is 1. The largest absolute Gasteiger partial charge is 0.468 e. The molecule has 0 fully saturated rings. The first-order valence-corrected chi connectivity index (χ1v) is 8.48. The Morgan fingerprint density at radius 3 is 2.19 bits per heavy atom. The van der Waals surface area contributed by atoms with Crippen molar-refractivity contribution in [3.63, 3.8) is 0 Å². The lowest BCUT2D eigenvalue weighted by molar-refractivity contribution is -0.141. The summed E-state index contributed by atoms with van der Waals surface area (Å²) in [7, 11) is 1.43. The molecule has 0 heterocycles. The standard InChI is InChI=1S/C17H15IO2S/c1-20-17(19)16(13-8-4-2-5-9-13)15(12-18)21-14-10-6-3-7-11-14/h2-12,16H,1H3/b15-12-. The van der Waals surface area contributed by atoms with Gasteiger partial charge in [0, 0.05) is 9.80 Å². The second kappa shape index (κ2) is 8.24. The lowest BCUT2D eigenvalue weighted by atomic mass is 9.99. The summed E-state index contributed by atoms with van der Waals surface area (Å²) in [5.41, 5.74) is 0.940. The van der Waals surface area contributed by atoms with E-state index in [4.69, 9.17) is 4.74 Å². The van der Waals surface area contributed by atoms with Crippen LogP contribution in [0.5, 0.6) is 0 Å². The molecular weight excluding hydrogens is 395 g/mol. The number of ether oxygens (including phenoxy) is 1. The van der Waals surface area contributed by atoms with Gasteiger partial charge in [-0.25, -0.2) is 0 Å². The van der Waals surface area contributed by atoms with Crippen LogP contribution in [0.2, 0.25) is 0 Å². The topological polar surface area (TPSA) is 26.3 Å². The second-order valence-corrected chi connectivity index (χ2v) is 6.06. The van der Waals surface area contributed by atoms with E-state index in [1.54, 1.807) is 11.8 Å². The Hall–Kier alpha value is -1.27. The van der Waals surface area contributed by atoms with Crippen LogP contribution in [-0.4, -0.2) is 13.1 Å². The van der Waals surface area contributed by atoms with Crippen LogP contribution < -0.4 is 0 Å². The molecule has 0 bridgehead atoms. The monoisotopic (exact) mass is 410 g/mol. The van der Waals surface area contributed by atoms with Gasteiger partial charge in [-0.3, -0.25) is 4.79 Å². The van der Waals surface area contributed by atoms with E-state index >= 15 is 0 Å². The molecule has 1 unspecified atom stereocenters. The molecule has 21 heavy (non-hydrogen) atoms.